The van der Waals surface area contributed by atoms with Gasteiger partial charge >= 0.3 is 0 Å². The maximum atomic E-state index is 11.1. The summed E-state index contributed by atoms with van der Waals surface area (Å²) in [6.45, 7) is 3.13. The minimum atomic E-state index is 0.0673. The van der Waals surface area contributed by atoms with E-state index in [9.17, 15) is 9.59 Å². The average Bonchev–Trinajstić information content (AvgIpc) is 2.14. The van der Waals surface area contributed by atoms with E-state index in [4.69, 9.17) is 10.5 Å². The molecule has 0 aromatic carbocycles. The summed E-state index contributed by atoms with van der Waals surface area (Å²) < 4.78 is 5.11. The van der Waals surface area contributed by atoms with Crippen LogP contribution in [0.25, 0.3) is 0 Å². The van der Waals surface area contributed by atoms with Crippen LogP contribution in [-0.2, 0) is 14.3 Å². The third-order valence-electron chi connectivity index (χ3n) is 1.76. The first-order valence-electron chi connectivity index (χ1n) is 4.95. The van der Waals surface area contributed by atoms with Crippen LogP contribution in [0.4, 0.5) is 0 Å². The molecular weight excluding hydrogens is 182 g/mol. The Bertz CT molecular complexity index is 180. The van der Waals surface area contributed by atoms with E-state index in [-0.39, 0.29) is 11.6 Å². The van der Waals surface area contributed by atoms with Gasteiger partial charge in [0.25, 0.3) is 0 Å². The number of carbonyl (C=O) groups excluding carboxylic acids is 2. The molecule has 0 unspecified atom stereocenters. The van der Waals surface area contributed by atoms with E-state index < -0.39 is 0 Å². The lowest BCUT2D eigenvalue weighted by atomic mass is 10.1. The lowest BCUT2D eigenvalue weighted by molar-refractivity contribution is -0.123. The monoisotopic (exact) mass is 201 g/mol. The van der Waals surface area contributed by atoms with Gasteiger partial charge in [0, 0.05) is 32.4 Å². The van der Waals surface area contributed by atoms with Crippen LogP contribution in [0.2, 0.25) is 0 Å². The van der Waals surface area contributed by atoms with E-state index >= 15 is 0 Å². The minimum Gasteiger partial charge on any atom is -0.380 e. The summed E-state index contributed by atoms with van der Waals surface area (Å²) in [5.41, 5.74) is 5.22. The molecule has 0 aliphatic carbocycles. The van der Waals surface area contributed by atoms with Gasteiger partial charge in [-0.15, -0.1) is 0 Å². The van der Waals surface area contributed by atoms with Crippen molar-refractivity contribution in [3.8, 4) is 0 Å². The smallest absolute Gasteiger partial charge is 0.133 e. The van der Waals surface area contributed by atoms with E-state index in [0.29, 0.717) is 39.0 Å². The van der Waals surface area contributed by atoms with Crippen molar-refractivity contribution < 1.29 is 14.3 Å². The molecule has 0 aliphatic rings. The number of Topliss-reactive ketones (excluding diaryl/α,β-unsaturated/α-hetero) is 2. The molecule has 0 amide bonds. The Labute approximate surface area is 84.8 Å². The van der Waals surface area contributed by atoms with Gasteiger partial charge in [-0.25, -0.2) is 0 Å². The first-order valence-corrected chi connectivity index (χ1v) is 4.95. The van der Waals surface area contributed by atoms with Crippen LogP contribution in [0.1, 0.15) is 32.6 Å². The van der Waals surface area contributed by atoms with Crippen molar-refractivity contribution in [2.45, 2.75) is 32.6 Å². The van der Waals surface area contributed by atoms with Gasteiger partial charge < -0.3 is 15.3 Å². The van der Waals surface area contributed by atoms with Crippen molar-refractivity contribution >= 4 is 11.6 Å². The molecule has 2 N–H and O–H groups in total. The third-order valence-corrected chi connectivity index (χ3v) is 1.76. The standard InChI is InChI=1S/C10H19NO3/c1-9(12)4-5-10(13)3-2-7-14-8-6-11/h2-8,11H2,1H3. The van der Waals surface area contributed by atoms with Crippen LogP contribution in [-0.4, -0.2) is 31.3 Å². The maximum Gasteiger partial charge on any atom is 0.133 e. The van der Waals surface area contributed by atoms with E-state index in [1.54, 1.807) is 0 Å². The Balaban J connectivity index is 3.22. The molecule has 0 atom stereocenters. The second-order valence-corrected chi connectivity index (χ2v) is 3.25. The van der Waals surface area contributed by atoms with Crippen LogP contribution in [0, 0.1) is 0 Å². The van der Waals surface area contributed by atoms with E-state index in [0.717, 1.165) is 6.42 Å². The van der Waals surface area contributed by atoms with Crippen molar-refractivity contribution in [2.24, 2.45) is 5.73 Å². The van der Waals surface area contributed by atoms with Crippen LogP contribution in [0.5, 0.6) is 0 Å². The van der Waals surface area contributed by atoms with Crippen molar-refractivity contribution in [2.75, 3.05) is 19.8 Å². The fourth-order valence-electron chi connectivity index (χ4n) is 0.997. The second-order valence-electron chi connectivity index (χ2n) is 3.25. The molecule has 0 saturated heterocycles. The van der Waals surface area contributed by atoms with Crippen LogP contribution in [0.15, 0.2) is 0 Å². The van der Waals surface area contributed by atoms with Crippen molar-refractivity contribution in [1.29, 1.82) is 0 Å². The zero-order valence-corrected chi connectivity index (χ0v) is 8.75. The maximum absolute atomic E-state index is 11.1. The first-order chi connectivity index (χ1) is 6.66. The average molecular weight is 201 g/mol. The molecule has 4 nitrogen and oxygen atoms in total. The number of nitrogens with two attached hydrogens (primary N) is 1. The summed E-state index contributed by atoms with van der Waals surface area (Å²) in [6.07, 6.45) is 1.95. The quantitative estimate of drug-likeness (QED) is 0.557. The molecule has 0 bridgehead atoms. The van der Waals surface area contributed by atoms with Crippen LogP contribution in [0.3, 0.4) is 0 Å². The van der Waals surface area contributed by atoms with E-state index in [1.807, 2.05) is 0 Å². The highest BCUT2D eigenvalue weighted by atomic mass is 16.5. The highest BCUT2D eigenvalue weighted by molar-refractivity contribution is 5.84. The molecule has 4 heteroatoms. The highest BCUT2D eigenvalue weighted by Crippen LogP contribution is 1.99. The number of ketones is 2. The first kappa shape index (κ1) is 13.3. The molecule has 0 heterocycles. The van der Waals surface area contributed by atoms with Crippen LogP contribution >= 0.6 is 0 Å². The minimum absolute atomic E-state index is 0.0673. The van der Waals surface area contributed by atoms with E-state index in [2.05, 4.69) is 0 Å². The Morgan fingerprint density at radius 3 is 2.43 bits per heavy atom. The van der Waals surface area contributed by atoms with Crippen molar-refractivity contribution in [3.05, 3.63) is 0 Å². The molecule has 82 valence electrons. The largest absolute Gasteiger partial charge is 0.380 e. The van der Waals surface area contributed by atoms with Gasteiger partial charge in [-0.05, 0) is 13.3 Å². The van der Waals surface area contributed by atoms with E-state index in [1.165, 1.54) is 6.92 Å². The Morgan fingerprint density at radius 2 is 1.86 bits per heavy atom. The van der Waals surface area contributed by atoms with Gasteiger partial charge in [0.05, 0.1) is 6.61 Å². The molecule has 0 aromatic heterocycles. The molecule has 0 saturated carbocycles. The van der Waals surface area contributed by atoms with Gasteiger partial charge in [-0.2, -0.15) is 0 Å². The van der Waals surface area contributed by atoms with Gasteiger partial charge in [-0.1, -0.05) is 0 Å². The number of carbonyl (C=O) groups is 2. The summed E-state index contributed by atoms with van der Waals surface area (Å²) in [4.78, 5) is 21.7. The highest BCUT2D eigenvalue weighted by Gasteiger charge is 2.03. The Hall–Kier alpha value is -0.740. The third kappa shape index (κ3) is 9.35. The second kappa shape index (κ2) is 8.84. The fourth-order valence-corrected chi connectivity index (χ4v) is 0.997. The normalized spacial score (nSPS) is 10.1. The zero-order valence-electron chi connectivity index (χ0n) is 8.75. The molecule has 0 spiro atoms. The number of hydrogen-bond acceptors (Lipinski definition) is 4. The summed E-state index contributed by atoms with van der Waals surface area (Å²) in [5.74, 6) is 0.203. The summed E-state index contributed by atoms with van der Waals surface area (Å²) >= 11 is 0. The molecule has 0 fully saturated rings. The Morgan fingerprint density at radius 1 is 1.14 bits per heavy atom. The Kier molecular flexibility index (Phi) is 8.37. The predicted molar refractivity (Wildman–Crippen MR) is 54.0 cm³/mol. The SMILES string of the molecule is CC(=O)CCC(=O)CCCOCCN. The molecular formula is C10H19NO3. The number of ether oxygens (including phenoxy) is 1. The van der Waals surface area contributed by atoms with Gasteiger partial charge in [-0.3, -0.25) is 4.79 Å². The lowest BCUT2D eigenvalue weighted by Gasteiger charge is -2.01. The molecule has 0 aromatic rings. The summed E-state index contributed by atoms with van der Waals surface area (Å²) in [5, 5.41) is 0. The van der Waals surface area contributed by atoms with Crippen molar-refractivity contribution in [1.82, 2.24) is 0 Å². The number of hydrogen-bond donors (Lipinski definition) is 1. The molecule has 0 aliphatic heterocycles. The van der Waals surface area contributed by atoms with Gasteiger partial charge in [0.15, 0.2) is 0 Å². The summed E-state index contributed by atoms with van der Waals surface area (Å²) in [7, 11) is 0. The van der Waals surface area contributed by atoms with Crippen molar-refractivity contribution in [3.63, 3.8) is 0 Å². The predicted octanol–water partition coefficient (Wildman–Crippen LogP) is 0.680. The molecule has 0 rings (SSSR count). The van der Waals surface area contributed by atoms with Gasteiger partial charge in [0.2, 0.25) is 0 Å². The fraction of sp³-hybridized carbons (Fsp3) is 0.800. The molecule has 14 heavy (non-hydrogen) atoms. The summed E-state index contributed by atoms with van der Waals surface area (Å²) in [6, 6.07) is 0. The van der Waals surface area contributed by atoms with Crippen LogP contribution < -0.4 is 5.73 Å². The number of rotatable bonds is 9. The van der Waals surface area contributed by atoms with Gasteiger partial charge in [0.1, 0.15) is 11.6 Å². The topological polar surface area (TPSA) is 69.4 Å². The zero-order chi connectivity index (χ0) is 10.8. The lowest BCUT2D eigenvalue weighted by Crippen LogP contribution is -2.10. The molecule has 0 radical (unpaired) electrons.